The van der Waals surface area contributed by atoms with Crippen LogP contribution in [-0.4, -0.2) is 88.3 Å². The molecule has 1 N–H and O–H groups in total. The molecule has 3 aromatic carbocycles. The number of amides is 4. The SMILES string of the molecule is CCN(CC)C(=O)[C@@H]1C=C2c3cccc4c3c(cn4CCCNC(=O)c3ccc(-c4ccc(C(=O)ON5C(=O)CCC5=O)cc4)cc3)C[C@H]2N(C)C1. The Balaban J connectivity index is 0.954. The number of fused-ring (bicyclic) bond motifs is 2. The van der Waals surface area contributed by atoms with Gasteiger partial charge in [-0.1, -0.05) is 42.5 Å². The van der Waals surface area contributed by atoms with E-state index in [2.05, 4.69) is 52.3 Å². The molecule has 7 rings (SSSR count). The van der Waals surface area contributed by atoms with Crippen molar-refractivity contribution in [3.05, 3.63) is 101 Å². The van der Waals surface area contributed by atoms with Gasteiger partial charge in [-0.25, -0.2) is 4.79 Å². The van der Waals surface area contributed by atoms with Crippen LogP contribution in [0.2, 0.25) is 0 Å². The van der Waals surface area contributed by atoms with E-state index in [1.165, 1.54) is 27.6 Å². The summed E-state index contributed by atoms with van der Waals surface area (Å²) < 4.78 is 2.29. The summed E-state index contributed by atoms with van der Waals surface area (Å²) in [7, 11) is 2.13. The van der Waals surface area contributed by atoms with Crippen molar-refractivity contribution in [2.24, 2.45) is 5.92 Å². The Hall–Kier alpha value is -5.55. The van der Waals surface area contributed by atoms with Crippen molar-refractivity contribution in [2.45, 2.75) is 52.1 Å². The lowest BCUT2D eigenvalue weighted by Gasteiger charge is -2.40. The van der Waals surface area contributed by atoms with Gasteiger partial charge >= 0.3 is 5.97 Å². The highest BCUT2D eigenvalue weighted by molar-refractivity contribution is 6.03. The Labute approximate surface area is 302 Å². The second-order valence-corrected chi connectivity index (χ2v) is 13.7. The summed E-state index contributed by atoms with van der Waals surface area (Å²) in [5, 5.41) is 4.85. The molecule has 0 radical (unpaired) electrons. The number of benzene rings is 3. The van der Waals surface area contributed by atoms with Gasteiger partial charge in [0.25, 0.3) is 17.7 Å². The van der Waals surface area contributed by atoms with E-state index in [-0.39, 0.29) is 42.2 Å². The van der Waals surface area contributed by atoms with Gasteiger partial charge in [-0.3, -0.25) is 24.1 Å². The molecule has 3 aliphatic rings. The third kappa shape index (κ3) is 6.64. The van der Waals surface area contributed by atoms with E-state index in [1.54, 1.807) is 36.4 Å². The van der Waals surface area contributed by atoms with Gasteiger partial charge < -0.3 is 19.6 Å². The first-order chi connectivity index (χ1) is 25.2. The summed E-state index contributed by atoms with van der Waals surface area (Å²) in [5.74, 6) is -1.94. The zero-order valence-corrected chi connectivity index (χ0v) is 29.8. The van der Waals surface area contributed by atoms with Crippen LogP contribution in [0.25, 0.3) is 27.6 Å². The van der Waals surface area contributed by atoms with Crippen LogP contribution in [0.15, 0.2) is 79.0 Å². The maximum absolute atomic E-state index is 13.3. The van der Waals surface area contributed by atoms with Crippen molar-refractivity contribution in [1.29, 1.82) is 0 Å². The Morgan fingerprint density at radius 2 is 1.54 bits per heavy atom. The minimum Gasteiger partial charge on any atom is -0.352 e. The van der Waals surface area contributed by atoms with Crippen LogP contribution in [0.1, 0.15) is 65.0 Å². The van der Waals surface area contributed by atoms with E-state index in [4.69, 9.17) is 4.84 Å². The Kier molecular flexibility index (Phi) is 9.79. The van der Waals surface area contributed by atoms with Gasteiger partial charge in [-0.05, 0) is 91.9 Å². The van der Waals surface area contributed by atoms with Crippen molar-refractivity contribution < 1.29 is 28.8 Å². The molecule has 3 heterocycles. The van der Waals surface area contributed by atoms with E-state index in [0.717, 1.165) is 37.1 Å². The number of carbonyl (C=O) groups excluding carboxylic acids is 5. The molecule has 4 aromatic rings. The lowest BCUT2D eigenvalue weighted by atomic mass is 9.79. The summed E-state index contributed by atoms with van der Waals surface area (Å²) >= 11 is 0. The van der Waals surface area contributed by atoms with Gasteiger partial charge in [0, 0.05) is 74.3 Å². The molecule has 1 saturated heterocycles. The summed E-state index contributed by atoms with van der Waals surface area (Å²) in [6, 6.07) is 20.6. The van der Waals surface area contributed by atoms with E-state index >= 15 is 0 Å². The molecule has 2 atom stereocenters. The van der Waals surface area contributed by atoms with E-state index in [9.17, 15) is 24.0 Å². The molecule has 0 unspecified atom stereocenters. The number of aryl methyl sites for hydroxylation is 1. The molecule has 268 valence electrons. The van der Waals surface area contributed by atoms with Crippen LogP contribution in [-0.2, 0) is 32.2 Å². The number of hydrogen-bond donors (Lipinski definition) is 1. The Morgan fingerprint density at radius 3 is 2.19 bits per heavy atom. The number of likely N-dealkylation sites (N-methyl/N-ethyl adjacent to an activating group) is 1. The number of rotatable bonds is 11. The van der Waals surface area contributed by atoms with Gasteiger partial charge in [-0.2, -0.15) is 0 Å². The summed E-state index contributed by atoms with van der Waals surface area (Å²) in [6.07, 6.45) is 6.22. The second-order valence-electron chi connectivity index (χ2n) is 13.7. The molecule has 0 bridgehead atoms. The fourth-order valence-corrected chi connectivity index (χ4v) is 7.70. The number of nitrogens with zero attached hydrogens (tertiary/aromatic N) is 4. The van der Waals surface area contributed by atoms with Gasteiger partial charge in [0.05, 0.1) is 11.5 Å². The van der Waals surface area contributed by atoms with Crippen molar-refractivity contribution in [3.63, 3.8) is 0 Å². The summed E-state index contributed by atoms with van der Waals surface area (Å²) in [4.78, 5) is 71.5. The van der Waals surface area contributed by atoms with Gasteiger partial charge in [-0.15, -0.1) is 5.06 Å². The van der Waals surface area contributed by atoms with Gasteiger partial charge in [0.1, 0.15) is 0 Å². The predicted octanol–water partition coefficient (Wildman–Crippen LogP) is 5.09. The van der Waals surface area contributed by atoms with Crippen LogP contribution < -0.4 is 5.32 Å². The quantitative estimate of drug-likeness (QED) is 0.171. The monoisotopic (exact) mass is 701 g/mol. The first-order valence-corrected chi connectivity index (χ1v) is 18.0. The van der Waals surface area contributed by atoms with Crippen LogP contribution in [0.3, 0.4) is 0 Å². The number of imide groups is 1. The molecule has 2 aliphatic heterocycles. The highest BCUT2D eigenvalue weighted by atomic mass is 16.7. The van der Waals surface area contributed by atoms with Crippen LogP contribution >= 0.6 is 0 Å². The summed E-state index contributed by atoms with van der Waals surface area (Å²) in [5.41, 5.74) is 7.42. The zero-order chi connectivity index (χ0) is 36.5. The number of carbonyl (C=O) groups is 5. The first kappa shape index (κ1) is 34.9. The van der Waals surface area contributed by atoms with Crippen LogP contribution in [0, 0.1) is 5.92 Å². The fraction of sp³-hybridized carbons (Fsp3) is 0.341. The van der Waals surface area contributed by atoms with Crippen LogP contribution in [0.4, 0.5) is 0 Å². The molecule has 1 fully saturated rings. The highest BCUT2D eigenvalue weighted by Crippen LogP contribution is 2.42. The molecule has 0 spiro atoms. The lowest BCUT2D eigenvalue weighted by Crippen LogP contribution is -2.47. The molecule has 4 amide bonds. The standard InChI is InChI=1S/C41H43N5O6/c1-4-44(5-2)40(50)31-22-33-32-8-6-9-34-38(32)30(23-35(33)43(3)24-31)25-45(34)21-7-20-42-39(49)28-14-10-26(11-15-28)27-12-16-29(17-13-27)41(51)52-46-36(47)18-19-37(46)48/h6,8-17,22,25,31,35H,4-5,7,18-21,23-24H2,1-3H3,(H,42,49)/t31-,35-/m1/s1. The first-order valence-electron chi connectivity index (χ1n) is 18.0. The minimum absolute atomic E-state index is 0.0354. The maximum Gasteiger partial charge on any atom is 0.363 e. The average Bonchev–Trinajstić information content (AvgIpc) is 3.68. The Morgan fingerprint density at radius 1 is 0.885 bits per heavy atom. The predicted molar refractivity (Wildman–Crippen MR) is 197 cm³/mol. The van der Waals surface area contributed by atoms with E-state index in [1.807, 2.05) is 30.9 Å². The van der Waals surface area contributed by atoms with Crippen molar-refractivity contribution in [3.8, 4) is 11.1 Å². The highest BCUT2D eigenvalue weighted by Gasteiger charge is 2.37. The normalized spacial score (nSPS) is 18.3. The number of hydrogen-bond acceptors (Lipinski definition) is 7. The molecular formula is C41H43N5O6. The third-order valence-corrected chi connectivity index (χ3v) is 10.5. The third-order valence-electron chi connectivity index (χ3n) is 10.5. The molecule has 52 heavy (non-hydrogen) atoms. The number of nitrogens with one attached hydrogen (secondary N) is 1. The average molecular weight is 702 g/mol. The van der Waals surface area contributed by atoms with Crippen molar-refractivity contribution in [1.82, 2.24) is 24.7 Å². The van der Waals surface area contributed by atoms with Gasteiger partial charge in [0.15, 0.2) is 0 Å². The van der Waals surface area contributed by atoms with Crippen molar-refractivity contribution >= 4 is 46.1 Å². The zero-order valence-electron chi connectivity index (χ0n) is 29.8. The number of hydroxylamine groups is 2. The fourth-order valence-electron chi connectivity index (χ4n) is 7.70. The summed E-state index contributed by atoms with van der Waals surface area (Å²) in [6.45, 7) is 7.50. The van der Waals surface area contributed by atoms with E-state index in [0.29, 0.717) is 30.3 Å². The van der Waals surface area contributed by atoms with Gasteiger partial charge in [0.2, 0.25) is 5.91 Å². The van der Waals surface area contributed by atoms with Crippen molar-refractivity contribution in [2.75, 3.05) is 33.2 Å². The maximum atomic E-state index is 13.3. The number of aromatic nitrogens is 1. The Bertz CT molecular complexity index is 2060. The molecule has 1 aliphatic carbocycles. The lowest BCUT2D eigenvalue weighted by molar-refractivity contribution is -0.172. The molecule has 1 aromatic heterocycles. The molecule has 0 saturated carbocycles. The van der Waals surface area contributed by atoms with E-state index < -0.39 is 17.8 Å². The molecule has 11 heteroatoms. The minimum atomic E-state index is -0.780. The second kappa shape index (κ2) is 14.6. The topological polar surface area (TPSA) is 121 Å². The molecular weight excluding hydrogens is 658 g/mol. The van der Waals surface area contributed by atoms with Crippen LogP contribution in [0.5, 0.6) is 0 Å². The smallest absolute Gasteiger partial charge is 0.352 e. The molecule has 11 nitrogen and oxygen atoms in total. The largest absolute Gasteiger partial charge is 0.363 e.